The minimum Gasteiger partial charge on any atom is -0.453 e. The molecule has 3 heterocycles. The standard InChI is InChI=1S/C61H40BNO2/c1-39-33-50(46-19-10-4-11-20-46)58(51(34-39)47-21-12-5-13-22-47)62-52-35-48(44-29-25-42(26-30-44)40-15-6-2-7-16-40)37-56-59(52)63-60-53(62)36-49(38-57(60)65-55-24-14-23-54(64-56)61(55)63)45-31-27-43(28-32-45)41-17-8-3-9-18-41/h2-38H,1H3. The first-order valence-electron chi connectivity index (χ1n) is 22.3. The summed E-state index contributed by atoms with van der Waals surface area (Å²) in [6, 6.07) is 81.1. The molecule has 0 unspecified atom stereocenters. The first-order valence-corrected chi connectivity index (χ1v) is 22.3. The van der Waals surface area contributed by atoms with Gasteiger partial charge < -0.3 is 9.47 Å². The summed E-state index contributed by atoms with van der Waals surface area (Å²) < 4.78 is 14.1. The Hall–Kier alpha value is -8.34. The third kappa shape index (κ3) is 6.13. The Bertz CT molecular complexity index is 3240. The highest BCUT2D eigenvalue weighted by atomic mass is 16.5. The summed E-state index contributed by atoms with van der Waals surface area (Å²) in [5.74, 6) is 3.21. The highest BCUT2D eigenvalue weighted by Crippen LogP contribution is 2.61. The molecular formula is C61H40BNO2. The third-order valence-electron chi connectivity index (χ3n) is 13.3. The third-order valence-corrected chi connectivity index (χ3v) is 13.3. The Labute approximate surface area is 379 Å². The molecular weight excluding hydrogens is 789 g/mol. The number of hydrogen-bond donors (Lipinski definition) is 0. The van der Waals surface area contributed by atoms with E-state index < -0.39 is 0 Å². The monoisotopic (exact) mass is 829 g/mol. The SMILES string of the molecule is Cc1cc(-c2ccccc2)c(B2c3cc(-c4ccc(-c5ccccc5)cc4)cc4c3N3c5c(cccc5Oc5cc(-c6ccc(-c7ccccc7)cc6)cc2c53)O4)c(-c2ccccc2)c1. The van der Waals surface area contributed by atoms with Gasteiger partial charge in [-0.05, 0) is 114 Å². The van der Waals surface area contributed by atoms with E-state index in [0.29, 0.717) is 0 Å². The van der Waals surface area contributed by atoms with Gasteiger partial charge in [-0.1, -0.05) is 206 Å². The van der Waals surface area contributed by atoms with Crippen LogP contribution in [0, 0.1) is 6.92 Å². The lowest BCUT2D eigenvalue weighted by Gasteiger charge is -2.45. The van der Waals surface area contributed by atoms with E-state index in [4.69, 9.17) is 9.47 Å². The van der Waals surface area contributed by atoms with Crippen molar-refractivity contribution in [2.24, 2.45) is 0 Å². The fourth-order valence-electron chi connectivity index (χ4n) is 10.4. The van der Waals surface area contributed by atoms with Gasteiger partial charge in [-0.3, -0.25) is 4.90 Å². The van der Waals surface area contributed by atoms with Crippen molar-refractivity contribution in [3.8, 4) is 89.8 Å². The number of rotatable bonds is 7. The van der Waals surface area contributed by atoms with Crippen LogP contribution in [-0.2, 0) is 0 Å². The van der Waals surface area contributed by atoms with Crippen molar-refractivity contribution in [2.75, 3.05) is 4.90 Å². The lowest BCUT2D eigenvalue weighted by molar-refractivity contribution is 0.446. The Morgan fingerprint density at radius 3 is 1.06 bits per heavy atom. The molecule has 0 saturated heterocycles. The molecule has 0 amide bonds. The van der Waals surface area contributed by atoms with E-state index in [1.165, 1.54) is 66.5 Å². The zero-order valence-electron chi connectivity index (χ0n) is 35.7. The van der Waals surface area contributed by atoms with Crippen LogP contribution in [0.2, 0.25) is 0 Å². The van der Waals surface area contributed by atoms with Gasteiger partial charge in [-0.15, -0.1) is 0 Å². The van der Waals surface area contributed by atoms with Crippen molar-refractivity contribution in [3.05, 3.63) is 230 Å². The van der Waals surface area contributed by atoms with E-state index in [1.54, 1.807) is 0 Å². The van der Waals surface area contributed by atoms with Crippen LogP contribution in [0.25, 0.3) is 66.8 Å². The summed E-state index contributed by atoms with van der Waals surface area (Å²) in [6.45, 7) is 1.99. The molecule has 304 valence electrons. The summed E-state index contributed by atoms with van der Waals surface area (Å²) in [4.78, 5) is 2.44. The number of para-hydroxylation sites is 1. The molecule has 13 rings (SSSR count). The van der Waals surface area contributed by atoms with E-state index in [2.05, 4.69) is 230 Å². The minimum atomic E-state index is -0.231. The smallest absolute Gasteiger partial charge is 0.248 e. The summed E-state index contributed by atoms with van der Waals surface area (Å²) in [5.41, 5.74) is 21.8. The van der Waals surface area contributed by atoms with E-state index in [1.807, 2.05) is 6.07 Å². The second-order valence-corrected chi connectivity index (χ2v) is 17.3. The molecule has 0 saturated carbocycles. The molecule has 65 heavy (non-hydrogen) atoms. The van der Waals surface area contributed by atoms with Crippen molar-refractivity contribution < 1.29 is 9.47 Å². The highest BCUT2D eigenvalue weighted by Gasteiger charge is 2.47. The molecule has 0 aliphatic carbocycles. The molecule has 3 aliphatic heterocycles. The van der Waals surface area contributed by atoms with Crippen LogP contribution in [0.15, 0.2) is 224 Å². The summed E-state index contributed by atoms with van der Waals surface area (Å²) >= 11 is 0. The van der Waals surface area contributed by atoms with Crippen LogP contribution in [0.5, 0.6) is 23.0 Å². The van der Waals surface area contributed by atoms with Crippen molar-refractivity contribution in [2.45, 2.75) is 6.92 Å². The Kier molecular flexibility index (Phi) is 8.54. The molecule has 0 spiro atoms. The van der Waals surface area contributed by atoms with E-state index >= 15 is 0 Å². The number of anilines is 3. The highest BCUT2D eigenvalue weighted by molar-refractivity contribution is 6.99. The van der Waals surface area contributed by atoms with E-state index in [0.717, 1.165) is 62.3 Å². The molecule has 3 nitrogen and oxygen atoms in total. The zero-order valence-corrected chi connectivity index (χ0v) is 35.7. The van der Waals surface area contributed by atoms with Gasteiger partial charge in [0, 0.05) is 0 Å². The quantitative estimate of drug-likeness (QED) is 0.149. The maximum Gasteiger partial charge on any atom is 0.248 e. The largest absolute Gasteiger partial charge is 0.453 e. The summed E-state index contributed by atoms with van der Waals surface area (Å²) in [6.07, 6.45) is 0. The molecule has 10 aromatic rings. The van der Waals surface area contributed by atoms with Gasteiger partial charge in [0.1, 0.15) is 5.69 Å². The van der Waals surface area contributed by atoms with Crippen LogP contribution in [0.4, 0.5) is 17.1 Å². The molecule has 0 radical (unpaired) electrons. The molecule has 0 bridgehead atoms. The predicted molar refractivity (Wildman–Crippen MR) is 270 cm³/mol. The second-order valence-electron chi connectivity index (χ2n) is 17.3. The van der Waals surface area contributed by atoms with Crippen molar-refractivity contribution in [1.82, 2.24) is 0 Å². The van der Waals surface area contributed by atoms with E-state index in [9.17, 15) is 0 Å². The van der Waals surface area contributed by atoms with Gasteiger partial charge in [0.15, 0.2) is 23.0 Å². The average Bonchev–Trinajstić information content (AvgIpc) is 3.37. The van der Waals surface area contributed by atoms with Gasteiger partial charge in [0.25, 0.3) is 0 Å². The van der Waals surface area contributed by atoms with Crippen LogP contribution in [0.3, 0.4) is 0 Å². The van der Waals surface area contributed by atoms with Crippen molar-refractivity contribution >= 4 is 40.2 Å². The molecule has 0 atom stereocenters. The molecule has 0 aromatic heterocycles. The number of ether oxygens (including phenoxy) is 2. The van der Waals surface area contributed by atoms with Crippen molar-refractivity contribution in [1.29, 1.82) is 0 Å². The maximum absolute atomic E-state index is 7.06. The Morgan fingerprint density at radius 1 is 0.308 bits per heavy atom. The Balaban J connectivity index is 1.11. The molecule has 3 aliphatic rings. The average molecular weight is 830 g/mol. The van der Waals surface area contributed by atoms with Gasteiger partial charge >= 0.3 is 0 Å². The number of aryl methyl sites for hydroxylation is 1. The molecule has 0 fully saturated rings. The fraction of sp³-hybridized carbons (Fsp3) is 0.0164. The summed E-state index contributed by atoms with van der Waals surface area (Å²) in [5, 5.41) is 0. The van der Waals surface area contributed by atoms with Crippen molar-refractivity contribution in [3.63, 3.8) is 0 Å². The lowest BCUT2D eigenvalue weighted by atomic mass is 9.33. The first kappa shape index (κ1) is 37.2. The van der Waals surface area contributed by atoms with Gasteiger partial charge in [0.05, 0.1) is 11.4 Å². The zero-order chi connectivity index (χ0) is 43.0. The lowest BCUT2D eigenvalue weighted by Crippen LogP contribution is -2.59. The van der Waals surface area contributed by atoms with Crippen LogP contribution in [-0.4, -0.2) is 6.71 Å². The van der Waals surface area contributed by atoms with Gasteiger partial charge in [-0.2, -0.15) is 0 Å². The number of hydrogen-bond acceptors (Lipinski definition) is 3. The van der Waals surface area contributed by atoms with Crippen LogP contribution < -0.4 is 30.8 Å². The minimum absolute atomic E-state index is 0.231. The molecule has 10 aromatic carbocycles. The number of benzene rings is 10. The van der Waals surface area contributed by atoms with Crippen LogP contribution >= 0.6 is 0 Å². The van der Waals surface area contributed by atoms with Gasteiger partial charge in [0.2, 0.25) is 6.71 Å². The normalized spacial score (nSPS) is 12.6. The first-order chi connectivity index (χ1) is 32.1. The second kappa shape index (κ2) is 14.9. The predicted octanol–water partition coefficient (Wildman–Crippen LogP) is 14.5. The van der Waals surface area contributed by atoms with Gasteiger partial charge in [-0.25, -0.2) is 0 Å². The number of nitrogens with zero attached hydrogens (tertiary/aromatic N) is 1. The van der Waals surface area contributed by atoms with Crippen LogP contribution in [0.1, 0.15) is 5.56 Å². The van der Waals surface area contributed by atoms with E-state index in [-0.39, 0.29) is 6.71 Å². The fourth-order valence-corrected chi connectivity index (χ4v) is 10.4. The Morgan fingerprint density at radius 2 is 0.662 bits per heavy atom. The maximum atomic E-state index is 7.06. The molecule has 4 heteroatoms. The topological polar surface area (TPSA) is 21.7 Å². The summed E-state index contributed by atoms with van der Waals surface area (Å²) in [7, 11) is 0. The molecule has 0 N–H and O–H groups in total.